The highest BCUT2D eigenvalue weighted by Crippen LogP contribution is 2.37. The molecule has 1 aromatic carbocycles. The molecule has 0 atom stereocenters. The first-order valence-electron chi connectivity index (χ1n) is 8.36. The fourth-order valence-corrected chi connectivity index (χ4v) is 3.21. The number of aromatic nitrogens is 2. The lowest BCUT2D eigenvalue weighted by Gasteiger charge is -2.16. The molecule has 2 aromatic rings. The van der Waals surface area contributed by atoms with E-state index in [1.54, 1.807) is 6.20 Å². The highest BCUT2D eigenvalue weighted by Gasteiger charge is 2.29. The summed E-state index contributed by atoms with van der Waals surface area (Å²) in [5, 5.41) is 5.20. The highest BCUT2D eigenvalue weighted by atomic mass is 32.2. The predicted octanol–water partition coefficient (Wildman–Crippen LogP) is 4.01. The van der Waals surface area contributed by atoms with Crippen molar-refractivity contribution in [2.45, 2.75) is 29.8 Å². The molecule has 2 N–H and O–H groups in total. The minimum Gasteiger partial charge on any atom is -0.357 e. The van der Waals surface area contributed by atoms with Crippen LogP contribution in [0.4, 0.5) is 29.5 Å². The molecule has 3 rings (SSSR count). The van der Waals surface area contributed by atoms with Crippen LogP contribution in [0.3, 0.4) is 0 Å². The molecule has 144 valence electrons. The van der Waals surface area contributed by atoms with E-state index in [-0.39, 0.29) is 23.2 Å². The fourth-order valence-electron chi connectivity index (χ4n) is 2.67. The van der Waals surface area contributed by atoms with E-state index in [0.717, 1.165) is 31.7 Å². The Hall–Kier alpha value is -2.49. The topological polar surface area (TPSA) is 70.2 Å². The number of carbonyl (C=O) groups is 1. The third-order valence-electron chi connectivity index (χ3n) is 3.87. The maximum Gasteiger partial charge on any atom is 0.446 e. The Morgan fingerprint density at radius 2 is 1.85 bits per heavy atom. The van der Waals surface area contributed by atoms with E-state index in [4.69, 9.17) is 0 Å². The van der Waals surface area contributed by atoms with Crippen LogP contribution in [0.15, 0.2) is 41.4 Å². The summed E-state index contributed by atoms with van der Waals surface area (Å²) in [6.45, 7) is 2.08. The van der Waals surface area contributed by atoms with Crippen molar-refractivity contribution in [2.24, 2.45) is 0 Å². The van der Waals surface area contributed by atoms with Gasteiger partial charge >= 0.3 is 11.5 Å². The van der Waals surface area contributed by atoms with Gasteiger partial charge in [-0.1, -0.05) is 0 Å². The Morgan fingerprint density at radius 1 is 1.15 bits per heavy atom. The maximum atomic E-state index is 12.3. The average molecular weight is 397 g/mol. The lowest BCUT2D eigenvalue weighted by atomic mass is 10.3. The van der Waals surface area contributed by atoms with E-state index in [1.807, 2.05) is 6.07 Å². The van der Waals surface area contributed by atoms with Gasteiger partial charge in [-0.25, -0.2) is 14.8 Å². The van der Waals surface area contributed by atoms with Gasteiger partial charge < -0.3 is 15.5 Å². The van der Waals surface area contributed by atoms with Crippen molar-refractivity contribution in [1.82, 2.24) is 15.3 Å². The van der Waals surface area contributed by atoms with Gasteiger partial charge in [0.1, 0.15) is 11.6 Å². The van der Waals surface area contributed by atoms with Gasteiger partial charge in [-0.05, 0) is 54.9 Å². The van der Waals surface area contributed by atoms with Crippen LogP contribution in [-0.2, 0) is 6.54 Å². The summed E-state index contributed by atoms with van der Waals surface area (Å²) in [7, 11) is 0. The van der Waals surface area contributed by atoms with Crippen molar-refractivity contribution in [3.05, 3.63) is 42.4 Å². The number of anilines is 2. The maximum absolute atomic E-state index is 12.3. The van der Waals surface area contributed by atoms with Crippen molar-refractivity contribution in [2.75, 3.05) is 23.3 Å². The third-order valence-corrected chi connectivity index (χ3v) is 4.61. The number of amides is 2. The summed E-state index contributed by atoms with van der Waals surface area (Å²) in [6, 6.07) is 6.79. The zero-order chi connectivity index (χ0) is 19.3. The van der Waals surface area contributed by atoms with Gasteiger partial charge in [0.05, 0.1) is 6.54 Å². The third kappa shape index (κ3) is 6.02. The quantitative estimate of drug-likeness (QED) is 0.746. The number of rotatable bonds is 5. The molecule has 1 aromatic heterocycles. The number of carbonyl (C=O) groups excluding carboxylic acids is 1. The summed E-state index contributed by atoms with van der Waals surface area (Å²) in [5.41, 5.74) is -3.94. The van der Waals surface area contributed by atoms with E-state index in [0.29, 0.717) is 11.5 Å². The first-order chi connectivity index (χ1) is 12.9. The van der Waals surface area contributed by atoms with Crippen LogP contribution in [0.25, 0.3) is 0 Å². The van der Waals surface area contributed by atoms with Crippen molar-refractivity contribution in [1.29, 1.82) is 0 Å². The Bertz CT molecular complexity index is 779. The van der Waals surface area contributed by atoms with Crippen molar-refractivity contribution in [3.63, 3.8) is 0 Å². The predicted molar refractivity (Wildman–Crippen MR) is 97.7 cm³/mol. The normalized spacial score (nSPS) is 14.3. The molecule has 1 aliphatic heterocycles. The van der Waals surface area contributed by atoms with Gasteiger partial charge in [-0.2, -0.15) is 13.2 Å². The number of alkyl halides is 3. The molecular formula is C17H18F3N5OS. The molecule has 1 saturated heterocycles. The largest absolute Gasteiger partial charge is 0.446 e. The van der Waals surface area contributed by atoms with E-state index < -0.39 is 11.5 Å². The molecule has 10 heteroatoms. The molecular weight excluding hydrogens is 379 g/mol. The lowest BCUT2D eigenvalue weighted by Crippen LogP contribution is -2.29. The van der Waals surface area contributed by atoms with Gasteiger partial charge in [-0.15, -0.1) is 0 Å². The van der Waals surface area contributed by atoms with E-state index in [1.165, 1.54) is 24.3 Å². The molecule has 1 aliphatic rings. The molecule has 2 heterocycles. The smallest absolute Gasteiger partial charge is 0.357 e. The number of benzene rings is 1. The molecule has 27 heavy (non-hydrogen) atoms. The van der Waals surface area contributed by atoms with E-state index >= 15 is 0 Å². The summed E-state index contributed by atoms with van der Waals surface area (Å²) in [4.78, 5) is 22.8. The van der Waals surface area contributed by atoms with Crippen LogP contribution in [0.5, 0.6) is 0 Å². The Morgan fingerprint density at radius 3 is 2.52 bits per heavy atom. The minimum atomic E-state index is -4.34. The summed E-state index contributed by atoms with van der Waals surface area (Å²) in [6.07, 6.45) is 3.94. The van der Waals surface area contributed by atoms with Gasteiger partial charge in [-0.3, -0.25) is 0 Å². The Balaban J connectivity index is 1.50. The number of hydrogen-bond acceptors (Lipinski definition) is 5. The first-order valence-corrected chi connectivity index (χ1v) is 9.18. The minimum absolute atomic E-state index is 0.0561. The second-order valence-corrected chi connectivity index (χ2v) is 7.04. The SMILES string of the molecule is O=C(NCc1nccc(N2CCCC2)n1)Nc1ccc(SC(F)(F)F)cc1. The molecule has 0 bridgehead atoms. The first kappa shape index (κ1) is 19.3. The zero-order valence-corrected chi connectivity index (χ0v) is 15.1. The molecule has 1 fully saturated rings. The number of urea groups is 1. The molecule has 0 aliphatic carbocycles. The van der Waals surface area contributed by atoms with Crippen molar-refractivity contribution in [3.8, 4) is 0 Å². The van der Waals surface area contributed by atoms with E-state index in [2.05, 4.69) is 25.5 Å². The summed E-state index contributed by atoms with van der Waals surface area (Å²) < 4.78 is 36.9. The summed E-state index contributed by atoms with van der Waals surface area (Å²) in [5.74, 6) is 1.34. The highest BCUT2D eigenvalue weighted by molar-refractivity contribution is 8.00. The average Bonchev–Trinajstić information content (AvgIpc) is 3.15. The number of halogens is 3. The molecule has 0 unspecified atom stereocenters. The second-order valence-electron chi connectivity index (χ2n) is 5.91. The van der Waals surface area contributed by atoms with Gasteiger partial charge in [0.15, 0.2) is 0 Å². The number of thioether (sulfide) groups is 1. The standard InChI is InChI=1S/C17H18F3N5OS/c18-17(19,20)27-13-5-3-12(4-6-13)23-16(26)22-11-14-21-8-7-15(24-14)25-9-1-2-10-25/h3-8H,1-2,9-11H2,(H2,22,23,26). The van der Waals surface area contributed by atoms with Crippen LogP contribution < -0.4 is 15.5 Å². The molecule has 6 nitrogen and oxygen atoms in total. The molecule has 0 saturated carbocycles. The number of nitrogens with one attached hydrogen (secondary N) is 2. The van der Waals surface area contributed by atoms with Crippen LogP contribution in [0, 0.1) is 0 Å². The molecule has 0 spiro atoms. The molecule has 0 radical (unpaired) electrons. The number of nitrogens with zero attached hydrogens (tertiary/aromatic N) is 3. The Kier molecular flexibility index (Phi) is 6.04. The Labute approximate surface area is 158 Å². The lowest BCUT2D eigenvalue weighted by molar-refractivity contribution is -0.0328. The van der Waals surface area contributed by atoms with Crippen LogP contribution in [0.2, 0.25) is 0 Å². The zero-order valence-electron chi connectivity index (χ0n) is 14.3. The van der Waals surface area contributed by atoms with Crippen LogP contribution in [-0.4, -0.2) is 34.6 Å². The van der Waals surface area contributed by atoms with Gasteiger partial charge in [0.25, 0.3) is 0 Å². The summed E-state index contributed by atoms with van der Waals surface area (Å²) >= 11 is -0.201. The van der Waals surface area contributed by atoms with Gasteiger partial charge in [0, 0.05) is 29.9 Å². The van der Waals surface area contributed by atoms with Crippen molar-refractivity contribution >= 4 is 29.3 Å². The van der Waals surface area contributed by atoms with Crippen LogP contribution in [0.1, 0.15) is 18.7 Å². The van der Waals surface area contributed by atoms with Crippen LogP contribution >= 0.6 is 11.8 Å². The number of hydrogen-bond donors (Lipinski definition) is 2. The fraction of sp³-hybridized carbons (Fsp3) is 0.353. The van der Waals surface area contributed by atoms with Gasteiger partial charge in [0.2, 0.25) is 0 Å². The van der Waals surface area contributed by atoms with Crippen molar-refractivity contribution < 1.29 is 18.0 Å². The monoisotopic (exact) mass is 397 g/mol. The van der Waals surface area contributed by atoms with E-state index in [9.17, 15) is 18.0 Å². The molecule has 2 amide bonds. The second kappa shape index (κ2) is 8.47.